The average molecular weight is 238 g/mol. The third-order valence-corrected chi connectivity index (χ3v) is 2.58. The first-order chi connectivity index (χ1) is 8.13. The van der Waals surface area contributed by atoms with E-state index in [-0.39, 0.29) is 17.6 Å². The molecule has 1 aromatic carbocycles. The highest BCUT2D eigenvalue weighted by molar-refractivity contribution is 5.78. The molecule has 1 aromatic rings. The number of benzene rings is 1. The lowest BCUT2D eigenvalue weighted by atomic mass is 10.1. The molecule has 4 heteroatoms. The first-order valence-electron chi connectivity index (χ1n) is 5.80. The van der Waals surface area contributed by atoms with Crippen molar-refractivity contribution in [2.45, 2.75) is 13.3 Å². The Morgan fingerprint density at radius 1 is 1.35 bits per heavy atom. The van der Waals surface area contributed by atoms with Crippen LogP contribution in [0, 0.1) is 11.7 Å². The largest absolute Gasteiger partial charge is 0.355 e. The standard InChI is InChI=1S/C13H19FN2O/c1-10(9-15-2)13(17)16-8-7-11-3-5-12(14)6-4-11/h3-6,10,15H,7-9H2,1-2H3,(H,16,17). The second kappa shape index (κ2) is 7.01. The highest BCUT2D eigenvalue weighted by Gasteiger charge is 2.10. The van der Waals surface area contributed by atoms with E-state index in [9.17, 15) is 9.18 Å². The molecule has 0 aromatic heterocycles. The quantitative estimate of drug-likeness (QED) is 0.785. The van der Waals surface area contributed by atoms with E-state index >= 15 is 0 Å². The number of rotatable bonds is 6. The number of hydrogen-bond acceptors (Lipinski definition) is 2. The van der Waals surface area contributed by atoms with Gasteiger partial charge in [-0.1, -0.05) is 19.1 Å². The van der Waals surface area contributed by atoms with Gasteiger partial charge in [-0.25, -0.2) is 4.39 Å². The molecule has 17 heavy (non-hydrogen) atoms. The molecule has 3 nitrogen and oxygen atoms in total. The number of carbonyl (C=O) groups excluding carboxylic acids is 1. The van der Waals surface area contributed by atoms with Crippen LogP contribution >= 0.6 is 0 Å². The monoisotopic (exact) mass is 238 g/mol. The molecule has 0 aliphatic heterocycles. The molecule has 1 atom stereocenters. The van der Waals surface area contributed by atoms with Crippen LogP contribution in [0.3, 0.4) is 0 Å². The average Bonchev–Trinajstić information content (AvgIpc) is 2.32. The van der Waals surface area contributed by atoms with Crippen LogP contribution in [-0.4, -0.2) is 26.0 Å². The van der Waals surface area contributed by atoms with Crippen molar-refractivity contribution < 1.29 is 9.18 Å². The first-order valence-corrected chi connectivity index (χ1v) is 5.80. The van der Waals surface area contributed by atoms with Crippen LogP contribution in [0.25, 0.3) is 0 Å². The number of amides is 1. The van der Waals surface area contributed by atoms with Gasteiger partial charge >= 0.3 is 0 Å². The minimum atomic E-state index is -0.236. The summed E-state index contributed by atoms with van der Waals surface area (Å²) in [4.78, 5) is 11.6. The molecule has 0 heterocycles. The molecule has 94 valence electrons. The first kappa shape index (κ1) is 13.6. The molecule has 1 rings (SSSR count). The van der Waals surface area contributed by atoms with Gasteiger partial charge in [-0.3, -0.25) is 4.79 Å². The predicted molar refractivity (Wildman–Crippen MR) is 66.2 cm³/mol. The van der Waals surface area contributed by atoms with Gasteiger partial charge < -0.3 is 10.6 Å². The Morgan fingerprint density at radius 2 is 2.00 bits per heavy atom. The fourth-order valence-corrected chi connectivity index (χ4v) is 1.55. The normalized spacial score (nSPS) is 12.2. The van der Waals surface area contributed by atoms with Gasteiger partial charge in [-0.15, -0.1) is 0 Å². The van der Waals surface area contributed by atoms with Crippen molar-refractivity contribution in [3.05, 3.63) is 35.6 Å². The molecular formula is C13H19FN2O. The predicted octanol–water partition coefficient (Wildman–Crippen LogP) is 1.34. The summed E-state index contributed by atoms with van der Waals surface area (Å²) in [6, 6.07) is 6.33. The smallest absolute Gasteiger partial charge is 0.224 e. The molecule has 0 radical (unpaired) electrons. The van der Waals surface area contributed by atoms with Crippen molar-refractivity contribution in [3.63, 3.8) is 0 Å². The summed E-state index contributed by atoms with van der Waals surface area (Å²) >= 11 is 0. The fourth-order valence-electron chi connectivity index (χ4n) is 1.55. The van der Waals surface area contributed by atoms with Crippen molar-refractivity contribution in [2.75, 3.05) is 20.1 Å². The molecule has 2 N–H and O–H groups in total. The molecule has 1 amide bonds. The maximum Gasteiger partial charge on any atom is 0.224 e. The van der Waals surface area contributed by atoms with Crippen LogP contribution in [0.1, 0.15) is 12.5 Å². The summed E-state index contributed by atoms with van der Waals surface area (Å²) in [6.45, 7) is 3.13. The Labute approximate surface area is 101 Å². The van der Waals surface area contributed by atoms with Crippen LogP contribution in [0.2, 0.25) is 0 Å². The van der Waals surface area contributed by atoms with Crippen LogP contribution in [0.4, 0.5) is 4.39 Å². The van der Waals surface area contributed by atoms with E-state index in [1.54, 1.807) is 12.1 Å². The Hall–Kier alpha value is -1.42. The van der Waals surface area contributed by atoms with Gasteiger partial charge in [0.1, 0.15) is 5.82 Å². The second-order valence-electron chi connectivity index (χ2n) is 4.13. The molecule has 0 saturated carbocycles. The fraction of sp³-hybridized carbons (Fsp3) is 0.462. The van der Waals surface area contributed by atoms with Gasteiger partial charge in [0.05, 0.1) is 0 Å². The molecule has 0 fully saturated rings. The van der Waals surface area contributed by atoms with E-state index < -0.39 is 0 Å². The van der Waals surface area contributed by atoms with Gasteiger partial charge in [0, 0.05) is 19.0 Å². The van der Waals surface area contributed by atoms with Crippen LogP contribution in [0.5, 0.6) is 0 Å². The van der Waals surface area contributed by atoms with Crippen molar-refractivity contribution in [3.8, 4) is 0 Å². The molecule has 0 aliphatic rings. The van der Waals surface area contributed by atoms with Crippen LogP contribution in [-0.2, 0) is 11.2 Å². The van der Waals surface area contributed by atoms with Gasteiger partial charge in [-0.05, 0) is 31.2 Å². The molecule has 0 aliphatic carbocycles. The Bertz CT molecular complexity index is 351. The lowest BCUT2D eigenvalue weighted by molar-refractivity contribution is -0.124. The third-order valence-electron chi connectivity index (χ3n) is 2.58. The molecule has 0 saturated heterocycles. The van der Waals surface area contributed by atoms with Gasteiger partial charge in [0.2, 0.25) is 5.91 Å². The highest BCUT2D eigenvalue weighted by Crippen LogP contribution is 2.03. The lowest BCUT2D eigenvalue weighted by Gasteiger charge is -2.11. The van der Waals surface area contributed by atoms with E-state index in [2.05, 4.69) is 10.6 Å². The van der Waals surface area contributed by atoms with Crippen molar-refractivity contribution in [1.29, 1.82) is 0 Å². The zero-order valence-corrected chi connectivity index (χ0v) is 10.3. The van der Waals surface area contributed by atoms with Crippen molar-refractivity contribution in [2.24, 2.45) is 5.92 Å². The summed E-state index contributed by atoms with van der Waals surface area (Å²) in [6.07, 6.45) is 0.721. The molecule has 0 spiro atoms. The maximum absolute atomic E-state index is 12.7. The summed E-state index contributed by atoms with van der Waals surface area (Å²) in [5, 5.41) is 5.82. The van der Waals surface area contributed by atoms with Gasteiger partial charge in [0.15, 0.2) is 0 Å². The Kier molecular flexibility index (Phi) is 5.63. The molecule has 1 unspecified atom stereocenters. The number of carbonyl (C=O) groups is 1. The summed E-state index contributed by atoms with van der Waals surface area (Å²) in [5.41, 5.74) is 1.02. The minimum Gasteiger partial charge on any atom is -0.355 e. The van der Waals surface area contributed by atoms with Crippen LogP contribution in [0.15, 0.2) is 24.3 Å². The van der Waals surface area contributed by atoms with Crippen LogP contribution < -0.4 is 10.6 Å². The number of halogens is 1. The van der Waals surface area contributed by atoms with E-state index in [1.807, 2.05) is 14.0 Å². The summed E-state index contributed by atoms with van der Waals surface area (Å²) in [5.74, 6) is -0.227. The third kappa shape index (κ3) is 4.95. The Morgan fingerprint density at radius 3 is 2.59 bits per heavy atom. The van der Waals surface area contributed by atoms with Crippen molar-refractivity contribution >= 4 is 5.91 Å². The summed E-state index contributed by atoms with van der Waals surface area (Å²) < 4.78 is 12.7. The van der Waals surface area contributed by atoms with E-state index in [0.29, 0.717) is 13.1 Å². The zero-order chi connectivity index (χ0) is 12.7. The van der Waals surface area contributed by atoms with Crippen molar-refractivity contribution in [1.82, 2.24) is 10.6 Å². The minimum absolute atomic E-state index is 0.0341. The molecular weight excluding hydrogens is 219 g/mol. The van der Waals surface area contributed by atoms with E-state index in [1.165, 1.54) is 12.1 Å². The highest BCUT2D eigenvalue weighted by atomic mass is 19.1. The SMILES string of the molecule is CNCC(C)C(=O)NCCc1ccc(F)cc1. The number of hydrogen-bond donors (Lipinski definition) is 2. The second-order valence-corrected chi connectivity index (χ2v) is 4.13. The molecule has 0 bridgehead atoms. The van der Waals surface area contributed by atoms with E-state index in [0.717, 1.165) is 12.0 Å². The maximum atomic E-state index is 12.7. The van der Waals surface area contributed by atoms with E-state index in [4.69, 9.17) is 0 Å². The lowest BCUT2D eigenvalue weighted by Crippen LogP contribution is -2.35. The topological polar surface area (TPSA) is 41.1 Å². The van der Waals surface area contributed by atoms with Gasteiger partial charge in [-0.2, -0.15) is 0 Å². The number of nitrogens with one attached hydrogen (secondary N) is 2. The summed E-state index contributed by atoms with van der Waals surface area (Å²) in [7, 11) is 1.82. The zero-order valence-electron chi connectivity index (χ0n) is 10.3. The van der Waals surface area contributed by atoms with Gasteiger partial charge in [0.25, 0.3) is 0 Å². The Balaban J connectivity index is 2.28.